The second kappa shape index (κ2) is 7.39. The molecule has 0 saturated carbocycles. The van der Waals surface area contributed by atoms with Gasteiger partial charge in [-0.2, -0.15) is 0 Å². The van der Waals surface area contributed by atoms with Gasteiger partial charge in [-0.15, -0.1) is 0 Å². The summed E-state index contributed by atoms with van der Waals surface area (Å²) in [4.78, 5) is 19.8. The van der Waals surface area contributed by atoms with Crippen LogP contribution in [-0.2, 0) is 6.54 Å². The summed E-state index contributed by atoms with van der Waals surface area (Å²) in [7, 11) is 0. The van der Waals surface area contributed by atoms with Gasteiger partial charge < -0.3 is 10.4 Å². The van der Waals surface area contributed by atoms with Crippen molar-refractivity contribution in [2.24, 2.45) is 0 Å². The van der Waals surface area contributed by atoms with E-state index in [0.717, 1.165) is 5.69 Å². The molecule has 21 heavy (non-hydrogen) atoms. The first-order valence-electron chi connectivity index (χ1n) is 6.13. The van der Waals surface area contributed by atoms with E-state index >= 15 is 0 Å². The van der Waals surface area contributed by atoms with Crippen molar-refractivity contribution in [1.82, 2.24) is 15.3 Å². The lowest BCUT2D eigenvalue weighted by Crippen LogP contribution is -2.23. The molecule has 1 aromatic heterocycles. The SMILES string of the molecule is O=C(NCc1ccncn1)c1ccc(C#CCO)c(Cl)c1. The molecule has 106 valence electrons. The topological polar surface area (TPSA) is 75.1 Å². The van der Waals surface area contributed by atoms with E-state index in [9.17, 15) is 4.79 Å². The Hall–Kier alpha value is -2.42. The quantitative estimate of drug-likeness (QED) is 0.841. The molecule has 0 aliphatic heterocycles. The molecule has 0 radical (unpaired) electrons. The van der Waals surface area contributed by atoms with Crippen molar-refractivity contribution >= 4 is 17.5 Å². The number of hydrogen-bond acceptors (Lipinski definition) is 4. The van der Waals surface area contributed by atoms with Crippen LogP contribution < -0.4 is 5.32 Å². The summed E-state index contributed by atoms with van der Waals surface area (Å²) in [6.07, 6.45) is 3.03. The molecule has 2 rings (SSSR count). The first kappa shape index (κ1) is 15.0. The highest BCUT2D eigenvalue weighted by Crippen LogP contribution is 2.17. The van der Waals surface area contributed by atoms with Gasteiger partial charge in [0.05, 0.1) is 17.3 Å². The third-order valence-electron chi connectivity index (χ3n) is 2.61. The Labute approximate surface area is 127 Å². The largest absolute Gasteiger partial charge is 0.384 e. The van der Waals surface area contributed by atoms with Gasteiger partial charge in [-0.25, -0.2) is 9.97 Å². The summed E-state index contributed by atoms with van der Waals surface area (Å²) in [6, 6.07) is 6.53. The monoisotopic (exact) mass is 301 g/mol. The Bertz CT molecular complexity index is 693. The fourth-order valence-corrected chi connectivity index (χ4v) is 1.82. The van der Waals surface area contributed by atoms with Crippen LogP contribution in [0.2, 0.25) is 5.02 Å². The van der Waals surface area contributed by atoms with Crippen LogP contribution in [-0.4, -0.2) is 27.6 Å². The van der Waals surface area contributed by atoms with E-state index in [1.54, 1.807) is 24.4 Å². The third-order valence-corrected chi connectivity index (χ3v) is 2.92. The van der Waals surface area contributed by atoms with E-state index in [-0.39, 0.29) is 12.5 Å². The van der Waals surface area contributed by atoms with Gasteiger partial charge in [-0.1, -0.05) is 23.4 Å². The average molecular weight is 302 g/mol. The van der Waals surface area contributed by atoms with Crippen molar-refractivity contribution in [2.75, 3.05) is 6.61 Å². The van der Waals surface area contributed by atoms with Crippen LogP contribution in [0, 0.1) is 11.8 Å². The van der Waals surface area contributed by atoms with Crippen molar-refractivity contribution in [1.29, 1.82) is 0 Å². The van der Waals surface area contributed by atoms with Crippen molar-refractivity contribution in [3.05, 3.63) is 58.6 Å². The molecule has 5 nitrogen and oxygen atoms in total. The van der Waals surface area contributed by atoms with Gasteiger partial charge in [0.25, 0.3) is 5.91 Å². The maximum atomic E-state index is 12.0. The maximum Gasteiger partial charge on any atom is 0.251 e. The number of carbonyl (C=O) groups excluding carboxylic acids is 1. The molecule has 2 aromatic rings. The molecule has 0 spiro atoms. The van der Waals surface area contributed by atoms with E-state index in [0.29, 0.717) is 22.7 Å². The molecule has 0 aliphatic rings. The van der Waals surface area contributed by atoms with Crippen molar-refractivity contribution in [2.45, 2.75) is 6.54 Å². The van der Waals surface area contributed by atoms with E-state index in [1.165, 1.54) is 12.4 Å². The number of aliphatic hydroxyl groups excluding tert-OH is 1. The number of hydrogen-bond donors (Lipinski definition) is 2. The van der Waals surface area contributed by atoms with Crippen LogP contribution >= 0.6 is 11.6 Å². The maximum absolute atomic E-state index is 12.0. The number of rotatable bonds is 3. The highest BCUT2D eigenvalue weighted by atomic mass is 35.5. The van der Waals surface area contributed by atoms with Gasteiger partial charge in [0.15, 0.2) is 0 Å². The smallest absolute Gasteiger partial charge is 0.251 e. The molecule has 0 aliphatic carbocycles. The minimum absolute atomic E-state index is 0.239. The highest BCUT2D eigenvalue weighted by Gasteiger charge is 2.08. The lowest BCUT2D eigenvalue weighted by molar-refractivity contribution is 0.0950. The van der Waals surface area contributed by atoms with Crippen molar-refractivity contribution in [3.8, 4) is 11.8 Å². The van der Waals surface area contributed by atoms with Crippen LogP contribution in [0.5, 0.6) is 0 Å². The molecule has 0 bridgehead atoms. The molecule has 0 unspecified atom stereocenters. The highest BCUT2D eigenvalue weighted by molar-refractivity contribution is 6.32. The molecule has 0 saturated heterocycles. The molecular weight excluding hydrogens is 290 g/mol. The first-order valence-corrected chi connectivity index (χ1v) is 6.51. The summed E-state index contributed by atoms with van der Waals surface area (Å²) in [5.41, 5.74) is 1.72. The van der Waals surface area contributed by atoms with E-state index in [2.05, 4.69) is 27.1 Å². The summed E-state index contributed by atoms with van der Waals surface area (Å²) in [6.45, 7) is 0.0720. The predicted octanol–water partition coefficient (Wildman–Crippen LogP) is 1.40. The average Bonchev–Trinajstić information content (AvgIpc) is 2.52. The number of nitrogens with one attached hydrogen (secondary N) is 1. The van der Waals surface area contributed by atoms with E-state index in [1.807, 2.05) is 0 Å². The van der Waals surface area contributed by atoms with Crippen LogP contribution in [0.1, 0.15) is 21.6 Å². The van der Waals surface area contributed by atoms with Crippen molar-refractivity contribution < 1.29 is 9.90 Å². The third kappa shape index (κ3) is 4.28. The van der Waals surface area contributed by atoms with Crippen LogP contribution in [0.3, 0.4) is 0 Å². The number of halogens is 1. The fourth-order valence-electron chi connectivity index (χ4n) is 1.59. The zero-order valence-electron chi connectivity index (χ0n) is 11.0. The summed E-state index contributed by atoms with van der Waals surface area (Å²) in [5.74, 6) is 4.96. The van der Waals surface area contributed by atoms with Crippen LogP contribution in [0.15, 0.2) is 36.8 Å². The molecule has 1 aromatic carbocycles. The minimum atomic E-state index is -0.253. The fraction of sp³-hybridized carbons (Fsp3) is 0.133. The number of nitrogens with zero attached hydrogens (tertiary/aromatic N) is 2. The second-order valence-corrected chi connectivity index (χ2v) is 4.45. The lowest BCUT2D eigenvalue weighted by atomic mass is 10.1. The molecule has 1 amide bonds. The molecular formula is C15H12ClN3O2. The van der Waals surface area contributed by atoms with Gasteiger partial charge in [0.1, 0.15) is 12.9 Å². The Kier molecular flexibility index (Phi) is 5.27. The molecule has 0 fully saturated rings. The predicted molar refractivity (Wildman–Crippen MR) is 78.6 cm³/mol. The van der Waals surface area contributed by atoms with Gasteiger partial charge in [-0.3, -0.25) is 4.79 Å². The number of benzene rings is 1. The summed E-state index contributed by atoms with van der Waals surface area (Å²) in [5, 5.41) is 11.8. The molecule has 1 heterocycles. The van der Waals surface area contributed by atoms with E-state index in [4.69, 9.17) is 16.7 Å². The van der Waals surface area contributed by atoms with Crippen molar-refractivity contribution in [3.63, 3.8) is 0 Å². The molecule has 0 atom stereocenters. The Morgan fingerprint density at radius 3 is 2.90 bits per heavy atom. The van der Waals surface area contributed by atoms with Crippen LogP contribution in [0.4, 0.5) is 0 Å². The lowest BCUT2D eigenvalue weighted by Gasteiger charge is -2.05. The zero-order chi connectivity index (χ0) is 15.1. The Morgan fingerprint density at radius 1 is 1.38 bits per heavy atom. The number of carbonyl (C=O) groups is 1. The standard InChI is InChI=1S/C15H12ClN3O2/c16-14-8-12(4-3-11(14)2-1-7-20)15(21)18-9-13-5-6-17-10-19-13/h3-6,8,10,20H,7,9H2,(H,18,21). The summed E-state index contributed by atoms with van der Waals surface area (Å²) < 4.78 is 0. The number of aliphatic hydroxyl groups is 1. The molecule has 6 heteroatoms. The van der Waals surface area contributed by atoms with Gasteiger partial charge in [-0.05, 0) is 24.3 Å². The number of aromatic nitrogens is 2. The van der Waals surface area contributed by atoms with Gasteiger partial charge in [0, 0.05) is 17.3 Å². The van der Waals surface area contributed by atoms with Gasteiger partial charge in [0.2, 0.25) is 0 Å². The van der Waals surface area contributed by atoms with Crippen LogP contribution in [0.25, 0.3) is 0 Å². The Morgan fingerprint density at radius 2 is 2.24 bits per heavy atom. The zero-order valence-corrected chi connectivity index (χ0v) is 11.8. The summed E-state index contributed by atoms with van der Waals surface area (Å²) >= 11 is 6.04. The number of amides is 1. The van der Waals surface area contributed by atoms with Gasteiger partial charge >= 0.3 is 0 Å². The first-order chi connectivity index (χ1) is 10.2. The van der Waals surface area contributed by atoms with E-state index < -0.39 is 0 Å². The molecule has 2 N–H and O–H groups in total. The second-order valence-electron chi connectivity index (χ2n) is 4.04. The minimum Gasteiger partial charge on any atom is -0.384 e. The normalized spacial score (nSPS) is 9.62. The Balaban J connectivity index is 2.04.